The fourth-order valence-electron chi connectivity index (χ4n) is 7.20. The van der Waals surface area contributed by atoms with E-state index in [1.165, 1.54) is 5.56 Å². The average Bonchev–Trinajstić information content (AvgIpc) is 3.52. The third-order valence-corrected chi connectivity index (χ3v) is 9.76. The van der Waals surface area contributed by atoms with Gasteiger partial charge in [0.05, 0.1) is 17.6 Å². The molecule has 2 saturated carbocycles. The summed E-state index contributed by atoms with van der Waals surface area (Å²) in [4.78, 5) is 9.98. The lowest BCUT2D eigenvalue weighted by molar-refractivity contribution is -0.158. The summed E-state index contributed by atoms with van der Waals surface area (Å²) in [6, 6.07) is 8.67. The van der Waals surface area contributed by atoms with Crippen LogP contribution in [-0.4, -0.2) is 50.5 Å². The molecule has 3 unspecified atom stereocenters. The monoisotopic (exact) mass is 569 g/mol. The number of fused-ring (bicyclic) bond motifs is 1. The summed E-state index contributed by atoms with van der Waals surface area (Å²) in [5.41, 5.74) is 5.96. The third kappa shape index (κ3) is 6.73. The lowest BCUT2D eigenvalue weighted by Gasteiger charge is -2.44. The normalized spacial score (nSPS) is 25.3. The Balaban J connectivity index is 1.17. The molecule has 5 nitrogen and oxygen atoms in total. The van der Waals surface area contributed by atoms with Gasteiger partial charge in [0.1, 0.15) is 5.82 Å². The Bertz CT molecular complexity index is 1370. The summed E-state index contributed by atoms with van der Waals surface area (Å²) < 4.78 is 43.2. The van der Waals surface area contributed by atoms with E-state index in [0.29, 0.717) is 24.1 Å². The summed E-state index contributed by atoms with van der Waals surface area (Å²) in [6.07, 6.45) is 3.15. The number of halogens is 3. The van der Waals surface area contributed by atoms with Crippen LogP contribution in [0, 0.1) is 30.1 Å². The van der Waals surface area contributed by atoms with Crippen molar-refractivity contribution in [3.8, 4) is 0 Å². The summed E-state index contributed by atoms with van der Waals surface area (Å²) in [5.74, 6) is 2.01. The van der Waals surface area contributed by atoms with Gasteiger partial charge in [-0.25, -0.2) is 4.98 Å². The largest absolute Gasteiger partial charge is 0.401 e. The maximum atomic E-state index is 13.7. The molecule has 224 valence electrons. The van der Waals surface area contributed by atoms with Gasteiger partial charge in [-0.05, 0) is 92.9 Å². The van der Waals surface area contributed by atoms with Crippen molar-refractivity contribution in [3.05, 3.63) is 53.1 Å². The first-order chi connectivity index (χ1) is 19.2. The van der Waals surface area contributed by atoms with E-state index < -0.39 is 12.7 Å². The van der Waals surface area contributed by atoms with Gasteiger partial charge in [-0.2, -0.15) is 13.2 Å². The van der Waals surface area contributed by atoms with Gasteiger partial charge in [0.15, 0.2) is 0 Å². The minimum absolute atomic E-state index is 0.00151. The Morgan fingerprint density at radius 1 is 1.12 bits per heavy atom. The highest BCUT2D eigenvalue weighted by Crippen LogP contribution is 2.43. The number of H-pyrrole nitrogens is 1. The highest BCUT2D eigenvalue weighted by Gasteiger charge is 2.42. The zero-order valence-corrected chi connectivity index (χ0v) is 25.4. The van der Waals surface area contributed by atoms with Gasteiger partial charge in [-0.15, -0.1) is 0 Å². The Kier molecular flexibility index (Phi) is 8.18. The van der Waals surface area contributed by atoms with Gasteiger partial charge in [-0.1, -0.05) is 33.8 Å². The number of aryl methyl sites for hydroxylation is 1. The van der Waals surface area contributed by atoms with Gasteiger partial charge in [0.25, 0.3) is 0 Å². The van der Waals surface area contributed by atoms with E-state index in [4.69, 9.17) is 10.4 Å². The van der Waals surface area contributed by atoms with Crippen molar-refractivity contribution in [1.29, 1.82) is 5.41 Å². The van der Waals surface area contributed by atoms with Crippen LogP contribution in [0.25, 0.3) is 11.0 Å². The standard InChI is InChI=1S/C33H46F3N5/c1-20-13-27(41-12-11-28(21(2)37)22(41)3)16-24(20)18-40(19-33(34,35)36)26-14-23(15-26)7-10-31-38-29-9-8-25(32(4,5)6)17-30(29)39-31/h8-9,11-12,17,20,23-24,26-27,37H,7,10,13-16,18-19H2,1-6H3,(H,38,39). The molecule has 41 heavy (non-hydrogen) atoms. The first kappa shape index (κ1) is 29.9. The molecular weight excluding hydrogens is 523 g/mol. The Hall–Kier alpha value is -2.61. The highest BCUT2D eigenvalue weighted by molar-refractivity contribution is 5.97. The Morgan fingerprint density at radius 3 is 2.49 bits per heavy atom. The van der Waals surface area contributed by atoms with Gasteiger partial charge in [0, 0.05) is 48.2 Å². The molecule has 1 aromatic carbocycles. The zero-order chi connectivity index (χ0) is 29.7. The van der Waals surface area contributed by atoms with Crippen molar-refractivity contribution in [1.82, 2.24) is 19.4 Å². The second-order valence-corrected chi connectivity index (χ2v) is 13.9. The maximum absolute atomic E-state index is 13.7. The number of hydrogen-bond acceptors (Lipinski definition) is 3. The molecule has 0 aliphatic heterocycles. The molecule has 2 heterocycles. The smallest absolute Gasteiger partial charge is 0.348 e. The van der Waals surface area contributed by atoms with Crippen LogP contribution in [0.4, 0.5) is 13.2 Å². The topological polar surface area (TPSA) is 60.7 Å². The molecular formula is C33H46F3N5. The molecule has 2 aromatic heterocycles. The SMILES string of the molecule is CC(=N)c1ccn(C2CC(C)C(CN(CC(F)(F)F)C3CC(CCc4nc5ccc(C(C)(C)C)cc5[nH]4)C3)C2)c1C. The molecule has 2 aliphatic rings. The molecule has 0 bridgehead atoms. The van der Waals surface area contributed by atoms with Gasteiger partial charge >= 0.3 is 6.18 Å². The van der Waals surface area contributed by atoms with Crippen LogP contribution in [0.15, 0.2) is 30.5 Å². The van der Waals surface area contributed by atoms with Crippen LogP contribution in [0.5, 0.6) is 0 Å². The molecule has 2 aliphatic carbocycles. The van der Waals surface area contributed by atoms with Crippen molar-refractivity contribution in [3.63, 3.8) is 0 Å². The van der Waals surface area contributed by atoms with Crippen LogP contribution in [0.2, 0.25) is 0 Å². The van der Waals surface area contributed by atoms with E-state index in [1.54, 1.807) is 11.8 Å². The molecule has 0 amide bonds. The number of aromatic amines is 1. The van der Waals surface area contributed by atoms with E-state index in [2.05, 4.69) is 61.6 Å². The van der Waals surface area contributed by atoms with Crippen molar-refractivity contribution in [2.24, 2.45) is 17.8 Å². The average molecular weight is 570 g/mol. The third-order valence-electron chi connectivity index (χ3n) is 9.76. The summed E-state index contributed by atoms with van der Waals surface area (Å²) in [5, 5.41) is 8.01. The van der Waals surface area contributed by atoms with Crippen LogP contribution in [0.3, 0.4) is 0 Å². The van der Waals surface area contributed by atoms with Gasteiger partial charge < -0.3 is 15.0 Å². The quantitative estimate of drug-likeness (QED) is 0.255. The minimum atomic E-state index is -4.19. The maximum Gasteiger partial charge on any atom is 0.401 e. The molecule has 8 heteroatoms. The second-order valence-electron chi connectivity index (χ2n) is 13.9. The predicted molar refractivity (Wildman–Crippen MR) is 160 cm³/mol. The second kappa shape index (κ2) is 11.2. The number of nitrogens with one attached hydrogen (secondary N) is 2. The fourth-order valence-corrected chi connectivity index (χ4v) is 7.20. The predicted octanol–water partition coefficient (Wildman–Crippen LogP) is 8.22. The first-order valence-corrected chi connectivity index (χ1v) is 15.2. The summed E-state index contributed by atoms with van der Waals surface area (Å²) >= 11 is 0. The molecule has 0 spiro atoms. The number of hydrogen-bond donors (Lipinski definition) is 2. The number of nitrogens with zero attached hydrogens (tertiary/aromatic N) is 3. The van der Waals surface area contributed by atoms with E-state index >= 15 is 0 Å². The fraction of sp³-hybridized carbons (Fsp3) is 0.636. The number of rotatable bonds is 9. The molecule has 2 fully saturated rings. The van der Waals surface area contributed by atoms with Crippen molar-refractivity contribution < 1.29 is 13.2 Å². The van der Waals surface area contributed by atoms with E-state index in [0.717, 1.165) is 66.6 Å². The lowest BCUT2D eigenvalue weighted by atomic mass is 9.76. The Labute approximate surface area is 242 Å². The van der Waals surface area contributed by atoms with Crippen molar-refractivity contribution in [2.75, 3.05) is 13.1 Å². The van der Waals surface area contributed by atoms with Crippen LogP contribution >= 0.6 is 0 Å². The minimum Gasteiger partial charge on any atom is -0.348 e. The molecule has 3 atom stereocenters. The lowest BCUT2D eigenvalue weighted by Crippen LogP contribution is -2.50. The first-order valence-electron chi connectivity index (χ1n) is 15.2. The summed E-state index contributed by atoms with van der Waals surface area (Å²) in [6.45, 7) is 12.3. The Morgan fingerprint density at radius 2 is 1.85 bits per heavy atom. The van der Waals surface area contributed by atoms with Crippen molar-refractivity contribution in [2.45, 2.75) is 104 Å². The van der Waals surface area contributed by atoms with Crippen LogP contribution in [0.1, 0.15) is 95.4 Å². The van der Waals surface area contributed by atoms with E-state index in [9.17, 15) is 13.2 Å². The number of benzene rings is 1. The van der Waals surface area contributed by atoms with E-state index in [1.807, 2.05) is 13.0 Å². The molecule has 5 rings (SSSR count). The van der Waals surface area contributed by atoms with E-state index in [-0.39, 0.29) is 23.4 Å². The molecule has 0 saturated heterocycles. The van der Waals surface area contributed by atoms with Gasteiger partial charge in [-0.3, -0.25) is 4.90 Å². The highest BCUT2D eigenvalue weighted by atomic mass is 19.4. The number of alkyl halides is 3. The number of aromatic nitrogens is 3. The van der Waals surface area contributed by atoms with Crippen LogP contribution < -0.4 is 0 Å². The van der Waals surface area contributed by atoms with Gasteiger partial charge in [0.2, 0.25) is 0 Å². The van der Waals surface area contributed by atoms with Crippen LogP contribution in [-0.2, 0) is 11.8 Å². The molecule has 3 aromatic rings. The molecule has 0 radical (unpaired) electrons. The summed E-state index contributed by atoms with van der Waals surface area (Å²) in [7, 11) is 0. The molecule has 2 N–H and O–H groups in total. The zero-order valence-electron chi connectivity index (χ0n) is 25.4. The van der Waals surface area contributed by atoms with Crippen molar-refractivity contribution >= 4 is 16.7 Å². The number of imidazole rings is 1.